The predicted molar refractivity (Wildman–Crippen MR) is 145 cm³/mol. The van der Waals surface area contributed by atoms with E-state index in [1.165, 1.54) is 12.1 Å². The molecular weight excluding hydrogens is 501 g/mol. The molecule has 6 rings (SSSR count). The van der Waals surface area contributed by atoms with Gasteiger partial charge in [-0.2, -0.15) is 5.26 Å². The summed E-state index contributed by atoms with van der Waals surface area (Å²) in [6.07, 6.45) is 5.39. The van der Waals surface area contributed by atoms with Gasteiger partial charge in [0.1, 0.15) is 17.5 Å². The molecule has 4 heterocycles. The Morgan fingerprint density at radius 2 is 1.97 bits per heavy atom. The van der Waals surface area contributed by atoms with E-state index in [0.29, 0.717) is 18.0 Å². The zero-order chi connectivity index (χ0) is 26.2. The van der Waals surface area contributed by atoms with Crippen molar-refractivity contribution in [1.82, 2.24) is 19.4 Å². The Hall–Kier alpha value is -3.84. The Labute approximate surface area is 221 Å². The van der Waals surface area contributed by atoms with E-state index in [2.05, 4.69) is 28.2 Å². The van der Waals surface area contributed by atoms with Crippen LogP contribution in [0.4, 0.5) is 4.39 Å². The van der Waals surface area contributed by atoms with Crippen molar-refractivity contribution in [2.24, 2.45) is 0 Å². The van der Waals surface area contributed by atoms with E-state index in [-0.39, 0.29) is 11.7 Å². The summed E-state index contributed by atoms with van der Waals surface area (Å²) in [5, 5.41) is 11.6. The minimum atomic E-state index is -2.06. The monoisotopic (exact) mass is 526 g/mol. The van der Waals surface area contributed by atoms with Gasteiger partial charge in [-0.3, -0.25) is 9.11 Å². The highest BCUT2D eigenvalue weighted by molar-refractivity contribution is 7.79. The molecule has 5 aromatic rings. The number of hydrogen-bond donors (Lipinski definition) is 1. The van der Waals surface area contributed by atoms with E-state index in [4.69, 9.17) is 0 Å². The Balaban J connectivity index is 1.35. The summed E-state index contributed by atoms with van der Waals surface area (Å²) in [6, 6.07) is 19.0. The van der Waals surface area contributed by atoms with Gasteiger partial charge >= 0.3 is 0 Å². The van der Waals surface area contributed by atoms with Crippen molar-refractivity contribution in [1.29, 1.82) is 5.26 Å². The van der Waals surface area contributed by atoms with Crippen molar-refractivity contribution in [3.8, 4) is 17.2 Å². The lowest BCUT2D eigenvalue weighted by atomic mass is 9.93. The van der Waals surface area contributed by atoms with Gasteiger partial charge < -0.3 is 14.1 Å². The molecule has 7 nitrogen and oxygen atoms in total. The first kappa shape index (κ1) is 24.5. The number of halogens is 1. The Kier molecular flexibility index (Phi) is 6.54. The molecule has 2 aromatic carbocycles. The van der Waals surface area contributed by atoms with Crippen molar-refractivity contribution in [2.45, 2.75) is 25.3 Å². The number of H-pyrrole nitrogens is 1. The van der Waals surface area contributed by atoms with Gasteiger partial charge in [-0.15, -0.1) is 0 Å². The first-order chi connectivity index (χ1) is 18.5. The van der Waals surface area contributed by atoms with Crippen LogP contribution in [0.1, 0.15) is 35.6 Å². The lowest BCUT2D eigenvalue weighted by Gasteiger charge is -2.31. The molecule has 0 radical (unpaired) electrons. The highest BCUT2D eigenvalue weighted by atomic mass is 32.2. The quantitative estimate of drug-likeness (QED) is 0.304. The van der Waals surface area contributed by atoms with Crippen molar-refractivity contribution in [2.75, 3.05) is 19.0 Å². The maximum Gasteiger partial charge on any atom is 0.138 e. The number of nitrogens with one attached hydrogen (secondary N) is 1. The Morgan fingerprint density at radius 1 is 1.13 bits per heavy atom. The third kappa shape index (κ3) is 4.74. The average Bonchev–Trinajstić information content (AvgIpc) is 3.50. The van der Waals surface area contributed by atoms with Gasteiger partial charge in [0.25, 0.3) is 0 Å². The van der Waals surface area contributed by atoms with Gasteiger partial charge in [-0.05, 0) is 84.0 Å². The third-order valence-corrected chi connectivity index (χ3v) is 8.00. The molecule has 1 atom stereocenters. The number of likely N-dealkylation sites (tertiary alicyclic amines) is 1. The van der Waals surface area contributed by atoms with Gasteiger partial charge in [0.15, 0.2) is 0 Å². The summed E-state index contributed by atoms with van der Waals surface area (Å²) in [5.74, 6) is 0.119. The first-order valence-electron chi connectivity index (χ1n) is 12.5. The van der Waals surface area contributed by atoms with E-state index in [9.17, 15) is 18.4 Å². The molecule has 1 saturated heterocycles. The molecule has 0 bridgehead atoms. The van der Waals surface area contributed by atoms with Gasteiger partial charge in [-0.1, -0.05) is 24.3 Å². The number of hydrogen-bond acceptors (Lipinski definition) is 5. The van der Waals surface area contributed by atoms with E-state index < -0.39 is 11.1 Å². The average molecular weight is 527 g/mol. The molecule has 1 aliphatic rings. The Bertz CT molecular complexity index is 1710. The molecule has 1 fully saturated rings. The second kappa shape index (κ2) is 10.1. The van der Waals surface area contributed by atoms with Crippen molar-refractivity contribution in [3.63, 3.8) is 0 Å². The molecule has 192 valence electrons. The minimum Gasteiger partial charge on any atom is -0.771 e. The topological polar surface area (TPSA) is 101 Å². The lowest BCUT2D eigenvalue weighted by molar-refractivity contribution is 0.238. The predicted octanol–water partition coefficient (Wildman–Crippen LogP) is 5.26. The number of pyridine rings is 1. The number of aromatic amines is 1. The minimum absolute atomic E-state index is 0.0854. The summed E-state index contributed by atoms with van der Waals surface area (Å²) in [7, 11) is 0. The third-order valence-electron chi connectivity index (χ3n) is 7.42. The summed E-state index contributed by atoms with van der Waals surface area (Å²) in [6.45, 7) is 1.95. The van der Waals surface area contributed by atoms with Gasteiger partial charge in [0.2, 0.25) is 0 Å². The van der Waals surface area contributed by atoms with Crippen LogP contribution in [0.2, 0.25) is 0 Å². The molecule has 38 heavy (non-hydrogen) atoms. The normalized spacial score (nSPS) is 15.7. The summed E-state index contributed by atoms with van der Waals surface area (Å²) in [5.41, 5.74) is 6.29. The molecule has 0 amide bonds. The molecule has 3 aromatic heterocycles. The van der Waals surface area contributed by atoms with E-state index in [1.807, 2.05) is 39.9 Å². The number of nitrogens with zero attached hydrogens (tertiary/aromatic N) is 4. The van der Waals surface area contributed by atoms with Crippen molar-refractivity contribution in [3.05, 3.63) is 89.6 Å². The van der Waals surface area contributed by atoms with Crippen LogP contribution in [0, 0.1) is 17.1 Å². The molecule has 1 unspecified atom stereocenters. The van der Waals surface area contributed by atoms with Crippen LogP contribution in [0.25, 0.3) is 33.1 Å². The van der Waals surface area contributed by atoms with Gasteiger partial charge in [-0.25, -0.2) is 9.37 Å². The van der Waals surface area contributed by atoms with Crippen LogP contribution in [-0.4, -0.2) is 47.2 Å². The lowest BCUT2D eigenvalue weighted by Crippen LogP contribution is -2.35. The highest BCUT2D eigenvalue weighted by Crippen LogP contribution is 2.35. The molecule has 1 N–H and O–H groups in total. The number of aromatic nitrogens is 3. The van der Waals surface area contributed by atoms with Gasteiger partial charge in [0, 0.05) is 41.3 Å². The maximum absolute atomic E-state index is 13.8. The number of nitriles is 1. The standard InChI is InChI=1S/C29H26FN5O2S/c30-23-3-1-2-19(12-23)16-35-17-22(15-31)25-5-4-21(13-28(25)35)24-6-9-32-29-26(24)14-27(33-29)20-7-10-34(11-8-20)18-38(36)37/h1-6,9,12-14,17,20H,7-8,10-11,16,18H2,(H,32,33)(H,36,37)/p-1. The zero-order valence-electron chi connectivity index (χ0n) is 20.6. The summed E-state index contributed by atoms with van der Waals surface area (Å²) in [4.78, 5) is 10.0. The van der Waals surface area contributed by atoms with Gasteiger partial charge in [0.05, 0.1) is 17.0 Å². The van der Waals surface area contributed by atoms with Crippen LogP contribution in [0.15, 0.2) is 67.0 Å². The van der Waals surface area contributed by atoms with Crippen LogP contribution in [0.3, 0.4) is 0 Å². The largest absolute Gasteiger partial charge is 0.771 e. The van der Waals surface area contributed by atoms with Crippen LogP contribution >= 0.6 is 0 Å². The smallest absolute Gasteiger partial charge is 0.138 e. The Morgan fingerprint density at radius 3 is 2.74 bits per heavy atom. The second-order valence-electron chi connectivity index (χ2n) is 9.81. The number of rotatable bonds is 6. The maximum atomic E-state index is 13.8. The highest BCUT2D eigenvalue weighted by Gasteiger charge is 2.23. The van der Waals surface area contributed by atoms with E-state index in [1.54, 1.807) is 12.3 Å². The second-order valence-corrected chi connectivity index (χ2v) is 10.7. The van der Waals surface area contributed by atoms with Crippen molar-refractivity contribution >= 4 is 33.0 Å². The number of benzene rings is 2. The number of piperidine rings is 1. The SMILES string of the molecule is N#Cc1cn(Cc2cccc(F)c2)c2cc(-c3ccnc4[nH]c(C5CCN(CS(=O)[O-])CC5)cc34)ccc12. The first-order valence-corrected chi connectivity index (χ1v) is 13.8. The zero-order valence-corrected chi connectivity index (χ0v) is 21.4. The number of fused-ring (bicyclic) bond motifs is 2. The van der Waals surface area contributed by atoms with E-state index in [0.717, 1.165) is 70.3 Å². The molecule has 0 spiro atoms. The summed E-state index contributed by atoms with van der Waals surface area (Å²) < 4.78 is 37.9. The fourth-order valence-corrected chi connectivity index (χ4v) is 6.11. The molecule has 9 heteroatoms. The fraction of sp³-hybridized carbons (Fsp3) is 0.241. The molecule has 1 aliphatic heterocycles. The fourth-order valence-electron chi connectivity index (χ4n) is 5.55. The molecule has 0 aliphatic carbocycles. The summed E-state index contributed by atoms with van der Waals surface area (Å²) >= 11 is -2.06. The van der Waals surface area contributed by atoms with E-state index >= 15 is 0 Å². The van der Waals surface area contributed by atoms with Crippen LogP contribution in [-0.2, 0) is 17.6 Å². The van der Waals surface area contributed by atoms with Crippen LogP contribution < -0.4 is 0 Å². The molecule has 0 saturated carbocycles. The van der Waals surface area contributed by atoms with Crippen LogP contribution in [0.5, 0.6) is 0 Å². The van der Waals surface area contributed by atoms with Crippen molar-refractivity contribution < 1.29 is 13.2 Å². The molecular formula is C29H25FN5O2S-.